The van der Waals surface area contributed by atoms with Crippen LogP contribution in [0.3, 0.4) is 0 Å². The summed E-state index contributed by atoms with van der Waals surface area (Å²) in [6.07, 6.45) is 0. The van der Waals surface area contributed by atoms with Crippen LogP contribution in [0, 0.1) is 23.0 Å². The molecule has 5 heteroatoms. The Hall–Kier alpha value is -2.45. The molecule has 0 aliphatic rings. The van der Waals surface area contributed by atoms with Crippen LogP contribution in [0.1, 0.15) is 24.1 Å². The highest BCUT2D eigenvalue weighted by atomic mass is 19.1. The molecule has 2 rings (SSSR count). The fourth-order valence-corrected chi connectivity index (χ4v) is 1.82. The lowest BCUT2D eigenvalue weighted by atomic mass is 10.1. The minimum atomic E-state index is -0.691. The van der Waals surface area contributed by atoms with Crippen molar-refractivity contribution in [3.63, 3.8) is 0 Å². The first-order valence-corrected chi connectivity index (χ1v) is 5.94. The van der Waals surface area contributed by atoms with Crippen LogP contribution < -0.4 is 10.5 Å². The molecule has 0 aromatic heterocycles. The third kappa shape index (κ3) is 2.76. The topological polar surface area (TPSA) is 59.0 Å². The second kappa shape index (κ2) is 5.68. The molecule has 0 bridgehead atoms. The molecule has 0 radical (unpaired) electrons. The lowest BCUT2D eigenvalue weighted by Gasteiger charge is -2.14. The quantitative estimate of drug-likeness (QED) is 0.929. The molecule has 0 fully saturated rings. The van der Waals surface area contributed by atoms with Crippen LogP contribution in [0.15, 0.2) is 36.4 Å². The van der Waals surface area contributed by atoms with Gasteiger partial charge in [-0.1, -0.05) is 6.07 Å². The van der Waals surface area contributed by atoms with E-state index in [-0.39, 0.29) is 22.6 Å². The van der Waals surface area contributed by atoms with Crippen molar-refractivity contribution >= 4 is 0 Å². The van der Waals surface area contributed by atoms with Crippen LogP contribution in [0.4, 0.5) is 8.78 Å². The van der Waals surface area contributed by atoms with Gasteiger partial charge in [0.1, 0.15) is 11.6 Å². The Balaban J connectivity index is 2.41. The van der Waals surface area contributed by atoms with Gasteiger partial charge in [0.25, 0.3) is 0 Å². The molecule has 3 nitrogen and oxygen atoms in total. The van der Waals surface area contributed by atoms with Gasteiger partial charge in [0, 0.05) is 11.6 Å². The van der Waals surface area contributed by atoms with E-state index in [1.165, 1.54) is 30.3 Å². The average molecular weight is 274 g/mol. The molecular weight excluding hydrogens is 262 g/mol. The van der Waals surface area contributed by atoms with Gasteiger partial charge in [-0.15, -0.1) is 0 Å². The maximum atomic E-state index is 13.8. The molecule has 0 saturated heterocycles. The maximum Gasteiger partial charge on any atom is 0.167 e. The number of nitriles is 1. The minimum absolute atomic E-state index is 0.0866. The van der Waals surface area contributed by atoms with Crippen molar-refractivity contribution in [1.82, 2.24) is 0 Å². The summed E-state index contributed by atoms with van der Waals surface area (Å²) in [6.45, 7) is 1.61. The SMILES string of the molecule is CC(N)c1c(F)cccc1Oc1ccc(C#N)cc1F. The van der Waals surface area contributed by atoms with Gasteiger partial charge in [0.15, 0.2) is 11.6 Å². The first-order chi connectivity index (χ1) is 9.52. The lowest BCUT2D eigenvalue weighted by Crippen LogP contribution is -2.09. The molecule has 0 aliphatic carbocycles. The number of nitrogens with zero attached hydrogens (tertiary/aromatic N) is 1. The molecular formula is C15H12F2N2O. The summed E-state index contributed by atoms with van der Waals surface area (Å²) >= 11 is 0. The zero-order chi connectivity index (χ0) is 14.7. The molecule has 20 heavy (non-hydrogen) atoms. The van der Waals surface area contributed by atoms with Gasteiger partial charge >= 0.3 is 0 Å². The molecule has 0 saturated carbocycles. The predicted octanol–water partition coefficient (Wildman–Crippen LogP) is 3.65. The lowest BCUT2D eigenvalue weighted by molar-refractivity contribution is 0.428. The first-order valence-electron chi connectivity index (χ1n) is 5.94. The standard InChI is InChI=1S/C15H12F2N2O/c1-9(19)15-11(16)3-2-4-14(15)20-13-6-5-10(8-18)7-12(13)17/h2-7,9H,19H2,1H3. The van der Waals surface area contributed by atoms with Gasteiger partial charge in [-0.25, -0.2) is 8.78 Å². The smallest absolute Gasteiger partial charge is 0.167 e. The number of hydrogen-bond acceptors (Lipinski definition) is 3. The van der Waals surface area contributed by atoms with Crippen LogP contribution in [-0.2, 0) is 0 Å². The Labute approximate surface area is 115 Å². The van der Waals surface area contributed by atoms with Crippen LogP contribution in [0.25, 0.3) is 0 Å². The Kier molecular flexibility index (Phi) is 3.97. The largest absolute Gasteiger partial charge is 0.454 e. The molecule has 2 N–H and O–H groups in total. The number of benzene rings is 2. The van der Waals surface area contributed by atoms with Gasteiger partial charge in [0.2, 0.25) is 0 Å². The monoisotopic (exact) mass is 274 g/mol. The molecule has 0 spiro atoms. The van der Waals surface area contributed by atoms with Crippen LogP contribution in [-0.4, -0.2) is 0 Å². The fraction of sp³-hybridized carbons (Fsp3) is 0.133. The summed E-state index contributed by atoms with van der Waals surface area (Å²) in [5.74, 6) is -1.13. The zero-order valence-corrected chi connectivity index (χ0v) is 10.7. The summed E-state index contributed by atoms with van der Waals surface area (Å²) in [5.41, 5.74) is 6.05. The normalized spacial score (nSPS) is 11.8. The number of hydrogen-bond donors (Lipinski definition) is 1. The van der Waals surface area contributed by atoms with E-state index < -0.39 is 17.7 Å². The van der Waals surface area contributed by atoms with Gasteiger partial charge in [-0.2, -0.15) is 5.26 Å². The van der Waals surface area contributed by atoms with Crippen molar-refractivity contribution < 1.29 is 13.5 Å². The summed E-state index contributed by atoms with van der Waals surface area (Å²) in [4.78, 5) is 0. The van der Waals surface area contributed by atoms with Crippen LogP contribution >= 0.6 is 0 Å². The minimum Gasteiger partial charge on any atom is -0.454 e. The molecule has 102 valence electrons. The molecule has 1 atom stereocenters. The number of nitrogens with two attached hydrogens (primary N) is 1. The van der Waals surface area contributed by atoms with E-state index in [1.807, 2.05) is 6.07 Å². The fourth-order valence-electron chi connectivity index (χ4n) is 1.82. The van der Waals surface area contributed by atoms with E-state index in [4.69, 9.17) is 15.7 Å². The number of ether oxygens (including phenoxy) is 1. The second-order valence-electron chi connectivity index (χ2n) is 4.30. The van der Waals surface area contributed by atoms with Crippen molar-refractivity contribution in [2.45, 2.75) is 13.0 Å². The molecule has 0 amide bonds. The highest BCUT2D eigenvalue weighted by molar-refractivity contribution is 5.42. The van der Waals surface area contributed by atoms with Crippen molar-refractivity contribution in [2.24, 2.45) is 5.73 Å². The van der Waals surface area contributed by atoms with E-state index in [1.54, 1.807) is 6.92 Å². The van der Waals surface area contributed by atoms with Gasteiger partial charge in [-0.3, -0.25) is 0 Å². The van der Waals surface area contributed by atoms with Crippen molar-refractivity contribution in [3.8, 4) is 17.6 Å². The number of rotatable bonds is 3. The maximum absolute atomic E-state index is 13.8. The first kappa shape index (κ1) is 14.0. The van der Waals surface area contributed by atoms with Gasteiger partial charge in [0.05, 0.1) is 11.6 Å². The molecule has 1 unspecified atom stereocenters. The highest BCUT2D eigenvalue weighted by Gasteiger charge is 2.15. The Morgan fingerprint density at radius 2 is 1.90 bits per heavy atom. The molecule has 0 heterocycles. The second-order valence-corrected chi connectivity index (χ2v) is 4.30. The summed E-state index contributed by atoms with van der Waals surface area (Å²) < 4.78 is 32.9. The summed E-state index contributed by atoms with van der Waals surface area (Å²) in [5, 5.41) is 8.67. The third-order valence-electron chi connectivity index (χ3n) is 2.75. The van der Waals surface area contributed by atoms with E-state index >= 15 is 0 Å². The number of halogens is 2. The van der Waals surface area contributed by atoms with Gasteiger partial charge < -0.3 is 10.5 Å². The van der Waals surface area contributed by atoms with E-state index in [2.05, 4.69) is 0 Å². The van der Waals surface area contributed by atoms with Crippen LogP contribution in [0.5, 0.6) is 11.5 Å². The third-order valence-corrected chi connectivity index (χ3v) is 2.75. The van der Waals surface area contributed by atoms with Crippen molar-refractivity contribution in [3.05, 3.63) is 59.2 Å². The van der Waals surface area contributed by atoms with Crippen molar-refractivity contribution in [2.75, 3.05) is 0 Å². The van der Waals surface area contributed by atoms with Crippen LogP contribution in [0.2, 0.25) is 0 Å². The zero-order valence-electron chi connectivity index (χ0n) is 10.7. The van der Waals surface area contributed by atoms with E-state index in [0.717, 1.165) is 6.07 Å². The Bertz CT molecular complexity index is 678. The highest BCUT2D eigenvalue weighted by Crippen LogP contribution is 2.32. The molecule has 2 aromatic rings. The molecule has 0 aliphatic heterocycles. The van der Waals surface area contributed by atoms with E-state index in [0.29, 0.717) is 0 Å². The summed E-state index contributed by atoms with van der Waals surface area (Å²) in [6, 6.07) is 9.27. The Morgan fingerprint density at radius 3 is 2.50 bits per heavy atom. The van der Waals surface area contributed by atoms with E-state index in [9.17, 15) is 8.78 Å². The predicted molar refractivity (Wildman–Crippen MR) is 70.2 cm³/mol. The van der Waals surface area contributed by atoms with Crippen molar-refractivity contribution in [1.29, 1.82) is 5.26 Å². The summed E-state index contributed by atoms with van der Waals surface area (Å²) in [7, 11) is 0. The van der Waals surface area contributed by atoms with Gasteiger partial charge in [-0.05, 0) is 37.3 Å². The Morgan fingerprint density at radius 1 is 1.15 bits per heavy atom. The average Bonchev–Trinajstić information content (AvgIpc) is 2.40. The molecule has 2 aromatic carbocycles.